The van der Waals surface area contributed by atoms with E-state index in [1.165, 1.54) is 31.4 Å². The van der Waals surface area contributed by atoms with Gasteiger partial charge >= 0.3 is 0 Å². The van der Waals surface area contributed by atoms with Crippen LogP contribution in [-0.2, 0) is 11.4 Å². The summed E-state index contributed by atoms with van der Waals surface area (Å²) in [6.07, 6.45) is 1.38. The van der Waals surface area contributed by atoms with Gasteiger partial charge in [-0.05, 0) is 65.7 Å². The van der Waals surface area contributed by atoms with Gasteiger partial charge in [-0.2, -0.15) is 5.26 Å². The smallest absolute Gasteiger partial charge is 0.266 e. The highest BCUT2D eigenvalue weighted by Gasteiger charge is 2.15. The molecule has 3 aromatic rings. The van der Waals surface area contributed by atoms with Gasteiger partial charge in [-0.15, -0.1) is 0 Å². The Bertz CT molecular complexity index is 1200. The van der Waals surface area contributed by atoms with Crippen molar-refractivity contribution in [2.24, 2.45) is 0 Å². The molecule has 162 valence electrons. The highest BCUT2D eigenvalue weighted by molar-refractivity contribution is 6.32. The number of nitriles is 1. The third-order valence-electron chi connectivity index (χ3n) is 4.30. The summed E-state index contributed by atoms with van der Waals surface area (Å²) in [7, 11) is 1.44. The zero-order chi connectivity index (χ0) is 23.1. The number of ether oxygens (including phenoxy) is 2. The fourth-order valence-electron chi connectivity index (χ4n) is 2.79. The molecule has 0 saturated carbocycles. The molecular weight excluding hydrogens is 454 g/mol. The van der Waals surface area contributed by atoms with E-state index in [1.807, 2.05) is 6.07 Å². The number of nitrogens with zero attached hydrogens (tertiary/aromatic N) is 1. The second kappa shape index (κ2) is 10.7. The fraction of sp³-hybridized carbons (Fsp3) is 0.0833. The Hall–Kier alpha value is -3.53. The average Bonchev–Trinajstić information content (AvgIpc) is 2.77. The Morgan fingerprint density at radius 2 is 1.91 bits per heavy atom. The largest absolute Gasteiger partial charge is 0.493 e. The van der Waals surface area contributed by atoms with Gasteiger partial charge in [0.15, 0.2) is 11.5 Å². The van der Waals surface area contributed by atoms with Crippen LogP contribution in [0, 0.1) is 17.1 Å². The summed E-state index contributed by atoms with van der Waals surface area (Å²) in [6, 6.07) is 17.5. The fourth-order valence-corrected chi connectivity index (χ4v) is 3.19. The standard InChI is InChI=1S/C24H17Cl2FN2O3/c1-31-22-12-16(9-17(13-28)24(30)29-20-7-5-18(25)6-8-20)11-21(26)23(22)32-14-15-3-2-4-19(27)10-15/h2-12H,14H2,1H3,(H,29,30)/b17-9-. The Morgan fingerprint density at radius 1 is 1.16 bits per heavy atom. The molecule has 1 N–H and O–H groups in total. The minimum atomic E-state index is -0.587. The quantitative estimate of drug-likeness (QED) is 0.326. The Labute approximate surface area is 194 Å². The van der Waals surface area contributed by atoms with Crippen molar-refractivity contribution >= 4 is 40.9 Å². The monoisotopic (exact) mass is 470 g/mol. The minimum Gasteiger partial charge on any atom is -0.493 e. The third kappa shape index (κ3) is 6.01. The van der Waals surface area contributed by atoms with Crippen LogP contribution in [-0.4, -0.2) is 13.0 Å². The molecule has 0 bridgehead atoms. The van der Waals surface area contributed by atoms with Crippen LogP contribution in [0.2, 0.25) is 10.0 Å². The van der Waals surface area contributed by atoms with Gasteiger partial charge in [0.05, 0.1) is 12.1 Å². The van der Waals surface area contributed by atoms with Crippen LogP contribution in [0.4, 0.5) is 10.1 Å². The lowest BCUT2D eigenvalue weighted by atomic mass is 10.1. The molecule has 0 spiro atoms. The minimum absolute atomic E-state index is 0.0793. The lowest BCUT2D eigenvalue weighted by Crippen LogP contribution is -2.13. The normalized spacial score (nSPS) is 10.9. The molecule has 0 fully saturated rings. The van der Waals surface area contributed by atoms with Gasteiger partial charge in [0, 0.05) is 10.7 Å². The first kappa shape index (κ1) is 23.1. The molecule has 32 heavy (non-hydrogen) atoms. The van der Waals surface area contributed by atoms with Gasteiger partial charge in [-0.25, -0.2) is 4.39 Å². The molecule has 3 rings (SSSR count). The lowest BCUT2D eigenvalue weighted by molar-refractivity contribution is -0.112. The van der Waals surface area contributed by atoms with Crippen molar-refractivity contribution < 1.29 is 18.7 Å². The molecule has 0 unspecified atom stereocenters. The number of anilines is 1. The number of hydrogen-bond donors (Lipinski definition) is 1. The van der Waals surface area contributed by atoms with Gasteiger partial charge in [0.25, 0.3) is 5.91 Å². The number of benzene rings is 3. The van der Waals surface area contributed by atoms with Crippen LogP contribution in [0.1, 0.15) is 11.1 Å². The summed E-state index contributed by atoms with van der Waals surface area (Å²) in [5.41, 5.74) is 1.45. The van der Waals surface area contributed by atoms with Gasteiger partial charge in [-0.1, -0.05) is 35.3 Å². The zero-order valence-corrected chi connectivity index (χ0v) is 18.4. The van der Waals surface area contributed by atoms with Crippen molar-refractivity contribution in [1.29, 1.82) is 5.26 Å². The molecule has 0 aliphatic rings. The van der Waals surface area contributed by atoms with Crippen LogP contribution < -0.4 is 14.8 Å². The Balaban J connectivity index is 1.81. The van der Waals surface area contributed by atoms with Crippen molar-refractivity contribution in [3.8, 4) is 17.6 Å². The summed E-state index contributed by atoms with van der Waals surface area (Å²) in [5.74, 6) is -0.392. The van der Waals surface area contributed by atoms with Crippen LogP contribution in [0.15, 0.2) is 66.2 Å². The number of rotatable bonds is 7. The van der Waals surface area contributed by atoms with Gasteiger partial charge < -0.3 is 14.8 Å². The van der Waals surface area contributed by atoms with Gasteiger partial charge in [-0.3, -0.25) is 4.79 Å². The maximum Gasteiger partial charge on any atom is 0.266 e. The summed E-state index contributed by atoms with van der Waals surface area (Å²) >= 11 is 12.2. The summed E-state index contributed by atoms with van der Waals surface area (Å²) in [4.78, 5) is 12.5. The van der Waals surface area contributed by atoms with Crippen molar-refractivity contribution in [1.82, 2.24) is 0 Å². The number of nitrogens with one attached hydrogen (secondary N) is 1. The van der Waals surface area contributed by atoms with Crippen LogP contribution in [0.25, 0.3) is 6.08 Å². The van der Waals surface area contributed by atoms with E-state index in [-0.39, 0.29) is 28.8 Å². The molecule has 8 heteroatoms. The van der Waals surface area contributed by atoms with Crippen LogP contribution >= 0.6 is 23.2 Å². The summed E-state index contributed by atoms with van der Waals surface area (Å²) in [5, 5.41) is 12.8. The number of methoxy groups -OCH3 is 1. The second-order valence-electron chi connectivity index (χ2n) is 6.58. The number of amides is 1. The molecule has 0 heterocycles. The van der Waals surface area contributed by atoms with Crippen molar-refractivity contribution in [2.75, 3.05) is 12.4 Å². The van der Waals surface area contributed by atoms with Crippen molar-refractivity contribution in [3.05, 3.63) is 93.2 Å². The highest BCUT2D eigenvalue weighted by atomic mass is 35.5. The van der Waals surface area contributed by atoms with Crippen molar-refractivity contribution in [3.63, 3.8) is 0 Å². The first-order valence-corrected chi connectivity index (χ1v) is 10.1. The predicted molar refractivity (Wildman–Crippen MR) is 122 cm³/mol. The van der Waals surface area contributed by atoms with E-state index >= 15 is 0 Å². The number of hydrogen-bond acceptors (Lipinski definition) is 4. The lowest BCUT2D eigenvalue weighted by Gasteiger charge is -2.14. The molecule has 3 aromatic carbocycles. The number of carbonyl (C=O) groups excluding carboxylic acids is 1. The van der Waals surface area contributed by atoms with E-state index in [0.29, 0.717) is 27.6 Å². The molecule has 0 atom stereocenters. The molecule has 0 aromatic heterocycles. The summed E-state index contributed by atoms with van der Waals surface area (Å²) in [6.45, 7) is 0.0793. The van der Waals surface area contributed by atoms with E-state index in [1.54, 1.807) is 42.5 Å². The first-order chi connectivity index (χ1) is 15.4. The SMILES string of the molecule is COc1cc(/C=C(/C#N)C(=O)Nc2ccc(Cl)cc2)cc(Cl)c1OCc1cccc(F)c1. The molecule has 0 saturated heterocycles. The first-order valence-electron chi connectivity index (χ1n) is 9.33. The third-order valence-corrected chi connectivity index (χ3v) is 4.83. The predicted octanol–water partition coefficient (Wildman–Crippen LogP) is 6.27. The van der Waals surface area contributed by atoms with Crippen LogP contribution in [0.5, 0.6) is 11.5 Å². The molecule has 1 amide bonds. The number of carbonyl (C=O) groups is 1. The Kier molecular flexibility index (Phi) is 7.72. The van der Waals surface area contributed by atoms with Crippen LogP contribution in [0.3, 0.4) is 0 Å². The van der Waals surface area contributed by atoms with E-state index in [0.717, 1.165) is 0 Å². The topological polar surface area (TPSA) is 71.3 Å². The maximum atomic E-state index is 13.4. The zero-order valence-electron chi connectivity index (χ0n) is 16.9. The van der Waals surface area contributed by atoms with E-state index in [2.05, 4.69) is 5.32 Å². The molecule has 5 nitrogen and oxygen atoms in total. The number of halogens is 3. The van der Waals surface area contributed by atoms with Gasteiger partial charge in [0.2, 0.25) is 0 Å². The van der Waals surface area contributed by atoms with Crippen molar-refractivity contribution in [2.45, 2.75) is 6.61 Å². The van der Waals surface area contributed by atoms with E-state index in [9.17, 15) is 14.4 Å². The molecular formula is C24H17Cl2FN2O3. The highest BCUT2D eigenvalue weighted by Crippen LogP contribution is 2.37. The Morgan fingerprint density at radius 3 is 2.56 bits per heavy atom. The molecule has 0 radical (unpaired) electrons. The average molecular weight is 471 g/mol. The van der Waals surface area contributed by atoms with E-state index in [4.69, 9.17) is 32.7 Å². The molecule has 0 aliphatic carbocycles. The molecule has 0 aliphatic heterocycles. The maximum absolute atomic E-state index is 13.4. The second-order valence-corrected chi connectivity index (χ2v) is 7.43. The summed E-state index contributed by atoms with van der Waals surface area (Å²) < 4.78 is 24.4. The van der Waals surface area contributed by atoms with E-state index < -0.39 is 5.91 Å². The van der Waals surface area contributed by atoms with Gasteiger partial charge in [0.1, 0.15) is 24.1 Å².